The third kappa shape index (κ3) is 2.71. The minimum atomic E-state index is -0.969. The Hall–Kier alpha value is -2.19. The molecular formula is C16H14BrN3O3S. The average molecular weight is 408 g/mol. The molecule has 0 aliphatic rings. The maximum Gasteiger partial charge on any atom is 0.330 e. The molecule has 0 aliphatic heterocycles. The highest BCUT2D eigenvalue weighted by atomic mass is 79.9. The molecule has 0 spiro atoms. The Labute approximate surface area is 149 Å². The van der Waals surface area contributed by atoms with Crippen LogP contribution in [0, 0.1) is 0 Å². The highest BCUT2D eigenvalue weighted by Crippen LogP contribution is 2.31. The van der Waals surface area contributed by atoms with Crippen LogP contribution < -0.4 is 17.0 Å². The SMILES string of the molecule is CCC(C(N)=O)n1c(=O)[nH]c2scc(-c3ccc(Br)cc3)c2c1=O. The lowest BCUT2D eigenvalue weighted by Gasteiger charge is -2.13. The molecule has 0 aliphatic carbocycles. The number of nitrogens with one attached hydrogen (secondary N) is 1. The zero-order chi connectivity index (χ0) is 17.4. The number of thiophene rings is 1. The molecule has 0 saturated carbocycles. The van der Waals surface area contributed by atoms with E-state index in [1.165, 1.54) is 11.3 Å². The van der Waals surface area contributed by atoms with Gasteiger partial charge >= 0.3 is 5.69 Å². The summed E-state index contributed by atoms with van der Waals surface area (Å²) in [6.45, 7) is 1.70. The molecule has 1 amide bonds. The highest BCUT2D eigenvalue weighted by Gasteiger charge is 2.23. The number of carbonyl (C=O) groups is 1. The van der Waals surface area contributed by atoms with Crippen molar-refractivity contribution in [3.05, 3.63) is 55.0 Å². The molecule has 1 atom stereocenters. The van der Waals surface area contributed by atoms with Gasteiger partial charge in [0.05, 0.1) is 5.39 Å². The summed E-state index contributed by atoms with van der Waals surface area (Å²) in [6, 6.07) is 6.55. The Morgan fingerprint density at radius 2 is 2.00 bits per heavy atom. The standard InChI is InChI=1S/C16H14BrN3O3S/c1-2-11(13(18)21)20-15(22)12-10(7-24-14(12)19-16(20)23)8-3-5-9(17)6-4-8/h3-7,11H,2H2,1H3,(H2,18,21)(H,19,23). The van der Waals surface area contributed by atoms with Gasteiger partial charge in [-0.1, -0.05) is 35.0 Å². The molecule has 0 bridgehead atoms. The van der Waals surface area contributed by atoms with Crippen molar-refractivity contribution in [3.63, 3.8) is 0 Å². The summed E-state index contributed by atoms with van der Waals surface area (Å²) in [7, 11) is 0. The van der Waals surface area contributed by atoms with Gasteiger partial charge in [0.15, 0.2) is 0 Å². The van der Waals surface area contributed by atoms with Crippen LogP contribution in [-0.2, 0) is 4.79 Å². The smallest absolute Gasteiger partial charge is 0.330 e. The Morgan fingerprint density at radius 1 is 1.33 bits per heavy atom. The molecule has 0 fully saturated rings. The number of carbonyl (C=O) groups excluding carboxylic acids is 1. The van der Waals surface area contributed by atoms with Gasteiger partial charge in [0.25, 0.3) is 5.56 Å². The second-order valence-corrected chi connectivity index (χ2v) is 7.09. The fraction of sp³-hybridized carbons (Fsp3) is 0.188. The number of H-pyrrole nitrogens is 1. The van der Waals surface area contributed by atoms with E-state index >= 15 is 0 Å². The average Bonchev–Trinajstić information content (AvgIpc) is 2.95. The van der Waals surface area contributed by atoms with E-state index in [-0.39, 0.29) is 6.42 Å². The van der Waals surface area contributed by atoms with Gasteiger partial charge in [-0.3, -0.25) is 14.6 Å². The molecular weight excluding hydrogens is 394 g/mol. The second kappa shape index (κ2) is 6.37. The number of benzene rings is 1. The Bertz CT molecular complexity index is 1030. The van der Waals surface area contributed by atoms with Crippen molar-refractivity contribution in [1.82, 2.24) is 9.55 Å². The summed E-state index contributed by atoms with van der Waals surface area (Å²) in [5.74, 6) is -0.704. The molecule has 124 valence electrons. The van der Waals surface area contributed by atoms with Crippen LogP contribution in [0.2, 0.25) is 0 Å². The fourth-order valence-electron chi connectivity index (χ4n) is 2.67. The van der Waals surface area contributed by atoms with Crippen LogP contribution in [0.15, 0.2) is 43.7 Å². The molecule has 1 unspecified atom stereocenters. The zero-order valence-electron chi connectivity index (χ0n) is 12.7. The van der Waals surface area contributed by atoms with Crippen molar-refractivity contribution in [1.29, 1.82) is 0 Å². The van der Waals surface area contributed by atoms with Gasteiger partial charge in [-0.15, -0.1) is 11.3 Å². The summed E-state index contributed by atoms with van der Waals surface area (Å²) < 4.78 is 1.84. The molecule has 2 aromatic heterocycles. The molecule has 6 nitrogen and oxygen atoms in total. The summed E-state index contributed by atoms with van der Waals surface area (Å²) in [5.41, 5.74) is 5.80. The minimum absolute atomic E-state index is 0.265. The second-order valence-electron chi connectivity index (χ2n) is 5.29. The van der Waals surface area contributed by atoms with Crippen LogP contribution in [0.1, 0.15) is 19.4 Å². The maximum absolute atomic E-state index is 12.9. The first-order chi connectivity index (χ1) is 11.4. The van der Waals surface area contributed by atoms with Gasteiger partial charge in [-0.25, -0.2) is 9.36 Å². The number of aromatic amines is 1. The summed E-state index contributed by atoms with van der Waals surface area (Å²) in [4.78, 5) is 39.9. The number of hydrogen-bond donors (Lipinski definition) is 2. The molecule has 0 radical (unpaired) electrons. The first-order valence-electron chi connectivity index (χ1n) is 7.25. The molecule has 1 aromatic carbocycles. The largest absolute Gasteiger partial charge is 0.368 e. The van der Waals surface area contributed by atoms with Gasteiger partial charge in [-0.2, -0.15) is 0 Å². The van der Waals surface area contributed by atoms with Crippen LogP contribution >= 0.6 is 27.3 Å². The van der Waals surface area contributed by atoms with E-state index in [2.05, 4.69) is 20.9 Å². The number of aromatic nitrogens is 2. The van der Waals surface area contributed by atoms with E-state index in [9.17, 15) is 14.4 Å². The van der Waals surface area contributed by atoms with Gasteiger partial charge in [0.1, 0.15) is 10.9 Å². The van der Waals surface area contributed by atoms with E-state index in [0.29, 0.717) is 10.2 Å². The molecule has 3 rings (SSSR count). The molecule has 24 heavy (non-hydrogen) atoms. The van der Waals surface area contributed by atoms with Crippen LogP contribution in [0.4, 0.5) is 0 Å². The van der Waals surface area contributed by atoms with Gasteiger partial charge in [-0.05, 0) is 24.1 Å². The van der Waals surface area contributed by atoms with E-state index in [1.54, 1.807) is 6.92 Å². The van der Waals surface area contributed by atoms with Gasteiger partial charge in [0, 0.05) is 15.4 Å². The Kier molecular flexibility index (Phi) is 4.42. The van der Waals surface area contributed by atoms with E-state index in [1.807, 2.05) is 29.6 Å². The van der Waals surface area contributed by atoms with Crippen LogP contribution in [-0.4, -0.2) is 15.5 Å². The van der Waals surface area contributed by atoms with Crippen molar-refractivity contribution in [2.24, 2.45) is 5.73 Å². The number of nitrogens with two attached hydrogens (primary N) is 1. The first-order valence-corrected chi connectivity index (χ1v) is 8.92. The molecule has 0 saturated heterocycles. The predicted octanol–water partition coefficient (Wildman–Crippen LogP) is 2.62. The van der Waals surface area contributed by atoms with Crippen molar-refractivity contribution >= 4 is 43.4 Å². The number of primary amides is 1. The molecule has 3 N–H and O–H groups in total. The predicted molar refractivity (Wildman–Crippen MR) is 98.4 cm³/mol. The molecule has 3 aromatic rings. The Balaban J connectivity index is 2.33. The number of fused-ring (bicyclic) bond motifs is 1. The van der Waals surface area contributed by atoms with Crippen LogP contribution in [0.25, 0.3) is 21.3 Å². The number of halogens is 1. The number of amides is 1. The lowest BCUT2D eigenvalue weighted by molar-refractivity contribution is -0.121. The first kappa shape index (κ1) is 16.7. The van der Waals surface area contributed by atoms with Crippen LogP contribution in [0.5, 0.6) is 0 Å². The van der Waals surface area contributed by atoms with E-state index in [4.69, 9.17) is 5.73 Å². The quantitative estimate of drug-likeness (QED) is 0.695. The number of nitrogens with zero attached hydrogens (tertiary/aromatic N) is 1. The minimum Gasteiger partial charge on any atom is -0.368 e. The lowest BCUT2D eigenvalue weighted by atomic mass is 10.1. The number of hydrogen-bond acceptors (Lipinski definition) is 4. The lowest BCUT2D eigenvalue weighted by Crippen LogP contribution is -2.42. The molecule has 8 heteroatoms. The topological polar surface area (TPSA) is 97.9 Å². The molecule has 2 heterocycles. The van der Waals surface area contributed by atoms with Crippen molar-refractivity contribution in [3.8, 4) is 11.1 Å². The summed E-state index contributed by atoms with van der Waals surface area (Å²) in [6.07, 6.45) is 0.265. The zero-order valence-corrected chi connectivity index (χ0v) is 15.1. The van der Waals surface area contributed by atoms with Crippen molar-refractivity contribution in [2.75, 3.05) is 0 Å². The maximum atomic E-state index is 12.9. The Morgan fingerprint density at radius 3 is 2.58 bits per heavy atom. The normalized spacial score (nSPS) is 12.4. The summed E-state index contributed by atoms with van der Waals surface area (Å²) >= 11 is 4.66. The van der Waals surface area contributed by atoms with Crippen LogP contribution in [0.3, 0.4) is 0 Å². The summed E-state index contributed by atoms with van der Waals surface area (Å²) in [5, 5.41) is 2.21. The van der Waals surface area contributed by atoms with Crippen molar-refractivity contribution < 1.29 is 4.79 Å². The van der Waals surface area contributed by atoms with E-state index in [0.717, 1.165) is 20.2 Å². The van der Waals surface area contributed by atoms with Gasteiger partial charge < -0.3 is 5.73 Å². The number of rotatable bonds is 4. The van der Waals surface area contributed by atoms with Gasteiger partial charge in [0.2, 0.25) is 5.91 Å². The monoisotopic (exact) mass is 407 g/mol. The third-order valence-electron chi connectivity index (χ3n) is 3.84. The van der Waals surface area contributed by atoms with E-state index < -0.39 is 23.2 Å². The highest BCUT2D eigenvalue weighted by molar-refractivity contribution is 9.10. The fourth-order valence-corrected chi connectivity index (χ4v) is 3.88. The third-order valence-corrected chi connectivity index (χ3v) is 5.27. The van der Waals surface area contributed by atoms with Crippen molar-refractivity contribution in [2.45, 2.75) is 19.4 Å².